The van der Waals surface area contributed by atoms with E-state index in [1.807, 2.05) is 55.5 Å². The molecule has 2 saturated heterocycles. The third-order valence-electron chi connectivity index (χ3n) is 6.94. The Hall–Kier alpha value is -3.23. The van der Waals surface area contributed by atoms with Gasteiger partial charge in [0, 0.05) is 6.04 Å². The quantitative estimate of drug-likeness (QED) is 0.660. The predicted octanol–water partition coefficient (Wildman–Crippen LogP) is 3.25. The highest BCUT2D eigenvalue weighted by atomic mass is 16.7. The number of carbonyl (C=O) groups is 3. The van der Waals surface area contributed by atoms with Crippen molar-refractivity contribution in [3.05, 3.63) is 59.7 Å². The maximum atomic E-state index is 13.6. The predicted molar refractivity (Wildman–Crippen MR) is 123 cm³/mol. The minimum absolute atomic E-state index is 0.0793. The molecule has 0 spiro atoms. The van der Waals surface area contributed by atoms with E-state index in [0.29, 0.717) is 11.5 Å². The Bertz CT molecular complexity index is 1100. The molecule has 3 fully saturated rings. The molecule has 8 nitrogen and oxygen atoms in total. The summed E-state index contributed by atoms with van der Waals surface area (Å²) in [5, 5.41) is 1.39. The number of hydrogen-bond acceptors (Lipinski definition) is 6. The van der Waals surface area contributed by atoms with Gasteiger partial charge in [-0.15, -0.1) is 0 Å². The van der Waals surface area contributed by atoms with E-state index in [-0.39, 0.29) is 24.4 Å². The van der Waals surface area contributed by atoms with Crippen LogP contribution in [0.25, 0.3) is 0 Å². The molecule has 2 N–H and O–H groups in total. The van der Waals surface area contributed by atoms with Gasteiger partial charge in [-0.1, -0.05) is 49.1 Å². The molecule has 1 saturated carbocycles. The zero-order valence-corrected chi connectivity index (χ0v) is 19.2. The van der Waals surface area contributed by atoms with Gasteiger partial charge in [-0.2, -0.15) is 5.06 Å². The minimum atomic E-state index is -0.944. The summed E-state index contributed by atoms with van der Waals surface area (Å²) >= 11 is 0. The second-order valence-corrected chi connectivity index (χ2v) is 9.36. The first kappa shape index (κ1) is 22.6. The Labute approximate surface area is 198 Å². The average molecular weight is 464 g/mol. The summed E-state index contributed by atoms with van der Waals surface area (Å²) < 4.78 is 6.01. The highest BCUT2D eigenvalue weighted by molar-refractivity contribution is 6.07. The Morgan fingerprint density at radius 2 is 1.76 bits per heavy atom. The van der Waals surface area contributed by atoms with Crippen molar-refractivity contribution in [2.75, 3.05) is 6.54 Å². The maximum absolute atomic E-state index is 13.6. The molecular formula is C26H29N3O5. The molecule has 3 atom stereocenters. The summed E-state index contributed by atoms with van der Waals surface area (Å²) in [4.78, 5) is 45.9. The van der Waals surface area contributed by atoms with E-state index in [1.54, 1.807) is 0 Å². The molecule has 2 heterocycles. The molecule has 34 heavy (non-hydrogen) atoms. The second kappa shape index (κ2) is 9.19. The molecule has 2 aliphatic heterocycles. The number of nitrogens with two attached hydrogens (primary N) is 1. The number of hydroxylamine groups is 2. The topological polar surface area (TPSA) is 102 Å². The number of rotatable bonds is 6. The molecule has 0 aromatic heterocycles. The van der Waals surface area contributed by atoms with E-state index < -0.39 is 24.0 Å². The Balaban J connectivity index is 1.45. The normalized spacial score (nSPS) is 25.6. The number of imide groups is 1. The van der Waals surface area contributed by atoms with Crippen molar-refractivity contribution in [3.8, 4) is 11.5 Å². The monoisotopic (exact) mass is 463 g/mol. The molecule has 178 valence electrons. The van der Waals surface area contributed by atoms with Crippen molar-refractivity contribution in [2.45, 2.75) is 57.2 Å². The third kappa shape index (κ3) is 4.19. The summed E-state index contributed by atoms with van der Waals surface area (Å²) in [5.74, 6) is -0.600. The van der Waals surface area contributed by atoms with Gasteiger partial charge < -0.3 is 10.5 Å². The number of likely N-dealkylation sites (tertiary alicyclic amines) is 1. The number of benzene rings is 2. The second-order valence-electron chi connectivity index (χ2n) is 9.36. The highest BCUT2D eigenvalue weighted by Crippen LogP contribution is 2.46. The molecule has 2 aromatic carbocycles. The lowest BCUT2D eigenvalue weighted by atomic mass is 9.90. The van der Waals surface area contributed by atoms with Crippen LogP contribution in [-0.2, 0) is 19.2 Å². The van der Waals surface area contributed by atoms with Crippen molar-refractivity contribution in [3.63, 3.8) is 0 Å². The average Bonchev–Trinajstić information content (AvgIpc) is 3.30. The minimum Gasteiger partial charge on any atom is -0.457 e. The van der Waals surface area contributed by atoms with Crippen molar-refractivity contribution in [1.82, 2.24) is 9.96 Å². The summed E-state index contributed by atoms with van der Waals surface area (Å²) in [7, 11) is 0. The van der Waals surface area contributed by atoms with Gasteiger partial charge in [0.1, 0.15) is 18.0 Å². The van der Waals surface area contributed by atoms with Gasteiger partial charge in [-0.25, -0.2) is 0 Å². The lowest BCUT2D eigenvalue weighted by Crippen LogP contribution is -2.45. The number of fused-ring (bicyclic) bond motifs is 1. The fourth-order valence-corrected chi connectivity index (χ4v) is 5.36. The fourth-order valence-electron chi connectivity index (χ4n) is 5.36. The summed E-state index contributed by atoms with van der Waals surface area (Å²) in [6, 6.07) is 14.3. The van der Waals surface area contributed by atoms with E-state index in [1.165, 1.54) is 9.96 Å². The zero-order chi connectivity index (χ0) is 23.8. The molecular weight excluding hydrogens is 434 g/mol. The van der Waals surface area contributed by atoms with Gasteiger partial charge in [0.25, 0.3) is 5.91 Å². The molecule has 3 amide bonds. The lowest BCUT2D eigenvalue weighted by molar-refractivity contribution is -0.183. The molecule has 0 bridgehead atoms. The Morgan fingerprint density at radius 3 is 2.47 bits per heavy atom. The van der Waals surface area contributed by atoms with Crippen LogP contribution < -0.4 is 10.5 Å². The van der Waals surface area contributed by atoms with Crippen LogP contribution in [0.15, 0.2) is 48.5 Å². The van der Waals surface area contributed by atoms with E-state index in [4.69, 9.17) is 15.3 Å². The molecule has 5 rings (SSSR count). The van der Waals surface area contributed by atoms with Crippen molar-refractivity contribution >= 4 is 17.7 Å². The molecule has 1 aliphatic carbocycles. The van der Waals surface area contributed by atoms with E-state index >= 15 is 0 Å². The van der Waals surface area contributed by atoms with Gasteiger partial charge in [0.05, 0.1) is 12.0 Å². The standard InChI is InChI=1S/C26H29N3O5/c1-16-10-12-19(13-11-16)33-20-9-5-6-17(14-20)23-22-24(34-28(23)15-21(27)30)26(32)29(25(22)31)18-7-3-2-4-8-18/h5-6,9-14,18,22-24H,2-4,7-8,15H2,1H3,(H2,27,30). The van der Waals surface area contributed by atoms with Crippen LogP contribution in [0.1, 0.15) is 49.3 Å². The number of primary amides is 1. The maximum Gasteiger partial charge on any atom is 0.261 e. The molecule has 2 aromatic rings. The first-order chi connectivity index (χ1) is 16.4. The SMILES string of the molecule is Cc1ccc(Oc2cccc(C3C4C(=O)N(C5CCCCC5)C(=O)C4ON3CC(N)=O)c2)cc1. The van der Waals surface area contributed by atoms with E-state index in [9.17, 15) is 14.4 Å². The van der Waals surface area contributed by atoms with Crippen LogP contribution in [0.2, 0.25) is 0 Å². The van der Waals surface area contributed by atoms with Crippen molar-refractivity contribution in [1.29, 1.82) is 0 Å². The van der Waals surface area contributed by atoms with Crippen molar-refractivity contribution < 1.29 is 24.0 Å². The lowest BCUT2D eigenvalue weighted by Gasteiger charge is -2.32. The number of nitrogens with zero attached hydrogens (tertiary/aromatic N) is 2. The molecule has 3 aliphatic rings. The summed E-state index contributed by atoms with van der Waals surface area (Å²) in [5.41, 5.74) is 7.31. The van der Waals surface area contributed by atoms with Crippen LogP contribution in [0.5, 0.6) is 11.5 Å². The first-order valence-corrected chi connectivity index (χ1v) is 11.9. The molecule has 0 radical (unpaired) electrons. The van der Waals surface area contributed by atoms with Crippen LogP contribution >= 0.6 is 0 Å². The Morgan fingerprint density at radius 1 is 1.03 bits per heavy atom. The molecule has 8 heteroatoms. The number of amides is 3. The number of carbonyl (C=O) groups excluding carboxylic acids is 3. The number of ether oxygens (including phenoxy) is 1. The van der Waals surface area contributed by atoms with Crippen LogP contribution in [0, 0.1) is 12.8 Å². The van der Waals surface area contributed by atoms with Crippen LogP contribution in [-0.4, -0.2) is 46.4 Å². The largest absolute Gasteiger partial charge is 0.457 e. The van der Waals surface area contributed by atoms with Gasteiger partial charge in [0.2, 0.25) is 11.8 Å². The zero-order valence-electron chi connectivity index (χ0n) is 19.2. The van der Waals surface area contributed by atoms with Crippen molar-refractivity contribution in [2.24, 2.45) is 11.7 Å². The fraction of sp³-hybridized carbons (Fsp3) is 0.423. The number of hydrogen-bond donors (Lipinski definition) is 1. The number of aryl methyl sites for hydroxylation is 1. The highest BCUT2D eigenvalue weighted by Gasteiger charge is 2.60. The Kier molecular flexibility index (Phi) is 6.10. The van der Waals surface area contributed by atoms with Gasteiger partial charge >= 0.3 is 0 Å². The third-order valence-corrected chi connectivity index (χ3v) is 6.94. The van der Waals surface area contributed by atoms with E-state index in [0.717, 1.165) is 43.2 Å². The summed E-state index contributed by atoms with van der Waals surface area (Å²) in [6.45, 7) is 1.79. The summed E-state index contributed by atoms with van der Waals surface area (Å²) in [6.07, 6.45) is 3.85. The van der Waals surface area contributed by atoms with Gasteiger partial charge in [-0.05, 0) is 49.6 Å². The van der Waals surface area contributed by atoms with Crippen LogP contribution in [0.3, 0.4) is 0 Å². The first-order valence-electron chi connectivity index (χ1n) is 11.9. The van der Waals surface area contributed by atoms with E-state index in [2.05, 4.69) is 0 Å². The molecule has 3 unspecified atom stereocenters. The smallest absolute Gasteiger partial charge is 0.261 e. The van der Waals surface area contributed by atoms with Crippen LogP contribution in [0.4, 0.5) is 0 Å². The van der Waals surface area contributed by atoms with Gasteiger partial charge in [-0.3, -0.25) is 24.1 Å². The van der Waals surface area contributed by atoms with Gasteiger partial charge in [0.15, 0.2) is 6.10 Å².